The highest BCUT2D eigenvalue weighted by molar-refractivity contribution is 6.09. The van der Waals surface area contributed by atoms with Crippen molar-refractivity contribution >= 4 is 34.6 Å². The molecule has 3 aromatic carbocycles. The Hall–Kier alpha value is -4.00. The van der Waals surface area contributed by atoms with Crippen LogP contribution in [0.4, 0.5) is 22.7 Å². The summed E-state index contributed by atoms with van der Waals surface area (Å²) in [4.78, 5) is 30.2. The second kappa shape index (κ2) is 9.24. The maximum absolute atomic E-state index is 13.4. The summed E-state index contributed by atoms with van der Waals surface area (Å²) in [5.41, 5.74) is 4.04. The van der Waals surface area contributed by atoms with Crippen molar-refractivity contribution in [2.24, 2.45) is 0 Å². The van der Waals surface area contributed by atoms with Gasteiger partial charge in [-0.3, -0.25) is 9.59 Å². The van der Waals surface area contributed by atoms with Gasteiger partial charge in [0.05, 0.1) is 32.0 Å². The monoisotopic (exact) mass is 445 g/mol. The summed E-state index contributed by atoms with van der Waals surface area (Å²) in [6, 6.07) is 20.2. The number of anilines is 4. The number of amides is 2. The van der Waals surface area contributed by atoms with E-state index in [9.17, 15) is 9.59 Å². The van der Waals surface area contributed by atoms with Gasteiger partial charge >= 0.3 is 0 Å². The van der Waals surface area contributed by atoms with Gasteiger partial charge in [-0.05, 0) is 48.9 Å². The first-order valence-corrected chi connectivity index (χ1v) is 10.7. The van der Waals surface area contributed by atoms with E-state index in [1.165, 1.54) is 14.2 Å². The molecule has 1 unspecified atom stereocenters. The van der Waals surface area contributed by atoms with E-state index in [2.05, 4.69) is 5.32 Å². The minimum atomic E-state index is -0.715. The van der Waals surface area contributed by atoms with Crippen LogP contribution in [0.25, 0.3) is 0 Å². The van der Waals surface area contributed by atoms with E-state index in [-0.39, 0.29) is 18.2 Å². The van der Waals surface area contributed by atoms with Crippen LogP contribution in [-0.2, 0) is 9.59 Å². The van der Waals surface area contributed by atoms with Crippen molar-refractivity contribution in [1.82, 2.24) is 0 Å². The molecule has 1 heterocycles. The molecule has 0 radical (unpaired) electrons. The molecule has 0 aliphatic carbocycles. The molecule has 7 nitrogen and oxygen atoms in total. The van der Waals surface area contributed by atoms with E-state index in [1.54, 1.807) is 30.1 Å². The predicted octanol–water partition coefficient (Wildman–Crippen LogP) is 4.52. The summed E-state index contributed by atoms with van der Waals surface area (Å²) in [5.74, 6) is 0.491. The fourth-order valence-corrected chi connectivity index (χ4v) is 4.16. The maximum Gasteiger partial charge on any atom is 0.250 e. The van der Waals surface area contributed by atoms with Crippen LogP contribution in [0.2, 0.25) is 0 Å². The first-order valence-electron chi connectivity index (χ1n) is 10.7. The number of ether oxygens (including phenoxy) is 2. The topological polar surface area (TPSA) is 71.1 Å². The number of rotatable bonds is 6. The molecular weight excluding hydrogens is 418 g/mol. The molecule has 0 aromatic heterocycles. The van der Waals surface area contributed by atoms with Crippen LogP contribution in [0.3, 0.4) is 0 Å². The van der Waals surface area contributed by atoms with E-state index in [1.807, 2.05) is 60.4 Å². The molecule has 4 rings (SSSR count). The van der Waals surface area contributed by atoms with Crippen LogP contribution in [0, 0.1) is 6.92 Å². The molecule has 2 amide bonds. The quantitative estimate of drug-likeness (QED) is 0.604. The lowest BCUT2D eigenvalue weighted by Crippen LogP contribution is -2.51. The third-order valence-electron chi connectivity index (χ3n) is 5.78. The number of hydrogen-bond donors (Lipinski definition) is 1. The maximum atomic E-state index is 13.4. The zero-order valence-electron chi connectivity index (χ0n) is 19.2. The lowest BCUT2D eigenvalue weighted by molar-refractivity contribution is -0.123. The van der Waals surface area contributed by atoms with Crippen LogP contribution in [-0.4, -0.2) is 39.1 Å². The van der Waals surface area contributed by atoms with Crippen molar-refractivity contribution in [2.45, 2.75) is 19.4 Å². The number of methoxy groups -OCH3 is 2. The lowest BCUT2D eigenvalue weighted by Gasteiger charge is -2.41. The SMILES string of the molecule is COc1cccc(OC)c1NC(=O)CC1C(=O)N(C)c2ccc(C)cc2N1c1ccccc1. The summed E-state index contributed by atoms with van der Waals surface area (Å²) in [7, 11) is 4.80. The molecule has 1 N–H and O–H groups in total. The summed E-state index contributed by atoms with van der Waals surface area (Å²) in [6.45, 7) is 2.01. The highest BCUT2D eigenvalue weighted by Crippen LogP contribution is 2.42. The Kier molecular flexibility index (Phi) is 6.22. The number of nitrogens with zero attached hydrogens (tertiary/aromatic N) is 2. The Labute approximate surface area is 193 Å². The first-order chi connectivity index (χ1) is 15.9. The number of carbonyl (C=O) groups excluding carboxylic acids is 2. The molecule has 3 aromatic rings. The van der Waals surface area contributed by atoms with E-state index >= 15 is 0 Å². The van der Waals surface area contributed by atoms with Gasteiger partial charge in [0.15, 0.2) is 0 Å². The molecule has 0 bridgehead atoms. The largest absolute Gasteiger partial charge is 0.494 e. The lowest BCUT2D eigenvalue weighted by atomic mass is 10.0. The molecular formula is C26H27N3O4. The normalized spacial score (nSPS) is 15.2. The van der Waals surface area contributed by atoms with E-state index in [4.69, 9.17) is 9.47 Å². The summed E-state index contributed by atoms with van der Waals surface area (Å²) < 4.78 is 10.8. The molecule has 0 fully saturated rings. The van der Waals surface area contributed by atoms with Crippen LogP contribution >= 0.6 is 0 Å². The number of likely N-dealkylation sites (N-methyl/N-ethyl adjacent to an activating group) is 1. The molecule has 0 spiro atoms. The van der Waals surface area contributed by atoms with Crippen molar-refractivity contribution < 1.29 is 19.1 Å². The molecule has 1 atom stereocenters. The van der Waals surface area contributed by atoms with Crippen molar-refractivity contribution in [2.75, 3.05) is 36.4 Å². The molecule has 33 heavy (non-hydrogen) atoms. The highest BCUT2D eigenvalue weighted by atomic mass is 16.5. The fourth-order valence-electron chi connectivity index (χ4n) is 4.16. The molecule has 7 heteroatoms. The number of fused-ring (bicyclic) bond motifs is 1. The average Bonchev–Trinajstić information content (AvgIpc) is 2.83. The fraction of sp³-hybridized carbons (Fsp3) is 0.231. The second-order valence-electron chi connectivity index (χ2n) is 7.90. The number of benzene rings is 3. The van der Waals surface area contributed by atoms with Gasteiger partial charge in [-0.15, -0.1) is 0 Å². The van der Waals surface area contributed by atoms with Gasteiger partial charge in [-0.25, -0.2) is 0 Å². The zero-order chi connectivity index (χ0) is 23.5. The van der Waals surface area contributed by atoms with Gasteiger partial charge in [0, 0.05) is 12.7 Å². The Morgan fingerprint density at radius 1 is 0.939 bits per heavy atom. The third-order valence-corrected chi connectivity index (χ3v) is 5.78. The smallest absolute Gasteiger partial charge is 0.250 e. The van der Waals surface area contributed by atoms with E-state index in [0.717, 1.165) is 22.6 Å². The minimum Gasteiger partial charge on any atom is -0.494 e. The van der Waals surface area contributed by atoms with Gasteiger partial charge in [-0.2, -0.15) is 0 Å². The highest BCUT2D eigenvalue weighted by Gasteiger charge is 2.39. The molecule has 1 aliphatic rings. The minimum absolute atomic E-state index is 0.0490. The first kappa shape index (κ1) is 22.2. The predicted molar refractivity (Wildman–Crippen MR) is 130 cm³/mol. The molecule has 0 saturated carbocycles. The van der Waals surface area contributed by atoms with Crippen molar-refractivity contribution in [3.63, 3.8) is 0 Å². The van der Waals surface area contributed by atoms with Crippen molar-refractivity contribution in [3.8, 4) is 11.5 Å². The van der Waals surface area contributed by atoms with Gasteiger partial charge in [0.25, 0.3) is 0 Å². The van der Waals surface area contributed by atoms with E-state index < -0.39 is 6.04 Å². The number of hydrogen-bond acceptors (Lipinski definition) is 5. The Balaban J connectivity index is 1.71. The molecule has 0 saturated heterocycles. The summed E-state index contributed by atoms with van der Waals surface area (Å²) in [6.07, 6.45) is -0.0490. The summed E-state index contributed by atoms with van der Waals surface area (Å²) >= 11 is 0. The standard InChI is InChI=1S/C26H27N3O4/c1-17-13-14-19-20(15-17)29(18-9-6-5-7-10-18)21(26(31)28(19)2)16-24(30)27-25-22(32-3)11-8-12-23(25)33-4/h5-15,21H,16H2,1-4H3,(H,27,30). The van der Waals surface area contributed by atoms with Crippen LogP contribution in [0.1, 0.15) is 12.0 Å². The van der Waals surface area contributed by atoms with Crippen molar-refractivity contribution in [3.05, 3.63) is 72.3 Å². The van der Waals surface area contributed by atoms with Crippen LogP contribution in [0.15, 0.2) is 66.7 Å². The number of carbonyl (C=O) groups is 2. The van der Waals surface area contributed by atoms with Gasteiger partial charge < -0.3 is 24.6 Å². The Morgan fingerprint density at radius 2 is 1.61 bits per heavy atom. The van der Waals surface area contributed by atoms with Gasteiger partial charge in [0.2, 0.25) is 11.8 Å². The second-order valence-corrected chi connectivity index (χ2v) is 7.90. The number of para-hydroxylation sites is 2. The Bertz CT molecular complexity index is 1160. The van der Waals surface area contributed by atoms with Crippen molar-refractivity contribution in [1.29, 1.82) is 0 Å². The third kappa shape index (κ3) is 4.22. The molecule has 1 aliphatic heterocycles. The zero-order valence-corrected chi connectivity index (χ0v) is 19.2. The molecule has 170 valence electrons. The number of aryl methyl sites for hydroxylation is 1. The Morgan fingerprint density at radius 3 is 2.24 bits per heavy atom. The van der Waals surface area contributed by atoms with Crippen LogP contribution < -0.4 is 24.6 Å². The average molecular weight is 446 g/mol. The van der Waals surface area contributed by atoms with E-state index in [0.29, 0.717) is 17.2 Å². The summed E-state index contributed by atoms with van der Waals surface area (Å²) in [5, 5.41) is 2.88. The number of nitrogens with one attached hydrogen (secondary N) is 1. The van der Waals surface area contributed by atoms with Gasteiger partial charge in [0.1, 0.15) is 23.2 Å². The van der Waals surface area contributed by atoms with Gasteiger partial charge in [-0.1, -0.05) is 30.3 Å². The van der Waals surface area contributed by atoms with Crippen LogP contribution in [0.5, 0.6) is 11.5 Å².